The minimum absolute atomic E-state index is 0.166. The first-order chi connectivity index (χ1) is 18.0. The molecule has 8 nitrogen and oxygen atoms in total. The zero-order valence-electron chi connectivity index (χ0n) is 20.6. The Balaban J connectivity index is 1.99. The molecule has 0 aliphatic carbocycles. The fourth-order valence-electron chi connectivity index (χ4n) is 4.26. The highest BCUT2D eigenvalue weighted by Gasteiger charge is 2.38. The summed E-state index contributed by atoms with van der Waals surface area (Å²) in [7, 11) is 1.45. The number of amides is 3. The molecular weight excluding hydrogens is 508 g/mol. The van der Waals surface area contributed by atoms with E-state index in [4.69, 9.17) is 10.5 Å². The number of hydrogen-bond donors (Lipinski definition) is 3. The molecule has 1 aliphatic rings. The van der Waals surface area contributed by atoms with Crippen molar-refractivity contribution in [3.8, 4) is 5.75 Å². The van der Waals surface area contributed by atoms with E-state index in [1.54, 1.807) is 48.5 Å². The van der Waals surface area contributed by atoms with Crippen LogP contribution in [0, 0.1) is 11.8 Å². The molecular formula is C26H28F4N4O4. The molecule has 2 aromatic rings. The molecule has 2 aromatic carbocycles. The van der Waals surface area contributed by atoms with E-state index in [0.29, 0.717) is 28.3 Å². The third-order valence-corrected chi connectivity index (χ3v) is 6.15. The number of primary amides is 1. The summed E-state index contributed by atoms with van der Waals surface area (Å²) in [6.45, 7) is -0.838. The number of anilines is 1. The second-order valence-corrected chi connectivity index (χ2v) is 8.76. The molecule has 3 amide bonds. The first-order valence-corrected chi connectivity index (χ1v) is 11.9. The number of benzodiazepines with no additional fused rings is 1. The van der Waals surface area contributed by atoms with Gasteiger partial charge in [0.25, 0.3) is 5.91 Å². The molecule has 12 heteroatoms. The number of nitrogens with one attached hydrogen (secondary N) is 2. The summed E-state index contributed by atoms with van der Waals surface area (Å²) in [6, 6.07) is 13.7. The van der Waals surface area contributed by atoms with Gasteiger partial charge in [-0.25, -0.2) is 4.99 Å². The summed E-state index contributed by atoms with van der Waals surface area (Å²) >= 11 is 0. The van der Waals surface area contributed by atoms with Crippen molar-refractivity contribution in [3.63, 3.8) is 0 Å². The van der Waals surface area contributed by atoms with Crippen LogP contribution in [0.1, 0.15) is 36.8 Å². The van der Waals surface area contributed by atoms with Crippen molar-refractivity contribution in [2.45, 2.75) is 38.0 Å². The lowest BCUT2D eigenvalue weighted by molar-refractivity contribution is -0.146. The van der Waals surface area contributed by atoms with Gasteiger partial charge in [-0.2, -0.15) is 13.2 Å². The van der Waals surface area contributed by atoms with Gasteiger partial charge < -0.3 is 21.1 Å². The molecule has 0 saturated carbocycles. The maximum absolute atomic E-state index is 13.3. The molecule has 204 valence electrons. The van der Waals surface area contributed by atoms with Gasteiger partial charge in [0.05, 0.1) is 25.2 Å². The quantitative estimate of drug-likeness (QED) is 0.379. The van der Waals surface area contributed by atoms with Crippen LogP contribution in [0.3, 0.4) is 0 Å². The van der Waals surface area contributed by atoms with Gasteiger partial charge in [-0.15, -0.1) is 0 Å². The highest BCUT2D eigenvalue weighted by Crippen LogP contribution is 2.31. The van der Waals surface area contributed by atoms with Crippen molar-refractivity contribution in [3.05, 3.63) is 59.7 Å². The van der Waals surface area contributed by atoms with E-state index < -0.39 is 61.4 Å². The van der Waals surface area contributed by atoms with Crippen molar-refractivity contribution >= 4 is 29.1 Å². The Hall–Kier alpha value is -3.96. The number of rotatable bonds is 11. The number of fused-ring (bicyclic) bond motifs is 1. The highest BCUT2D eigenvalue weighted by molar-refractivity contribution is 6.20. The summed E-state index contributed by atoms with van der Waals surface area (Å²) in [6.07, 6.45) is -8.68. The zero-order chi connectivity index (χ0) is 27.9. The molecule has 0 aromatic heterocycles. The Kier molecular flexibility index (Phi) is 9.43. The van der Waals surface area contributed by atoms with Crippen LogP contribution in [0.5, 0.6) is 5.75 Å². The highest BCUT2D eigenvalue weighted by atomic mass is 19.4. The van der Waals surface area contributed by atoms with E-state index in [0.717, 1.165) is 0 Å². The number of carbonyl (C=O) groups excluding carboxylic acids is 3. The average molecular weight is 537 g/mol. The summed E-state index contributed by atoms with van der Waals surface area (Å²) in [5, 5.41) is 5.05. The van der Waals surface area contributed by atoms with E-state index in [9.17, 15) is 31.9 Å². The summed E-state index contributed by atoms with van der Waals surface area (Å²) < 4.78 is 57.1. The van der Waals surface area contributed by atoms with Gasteiger partial charge in [-0.3, -0.25) is 18.8 Å². The SMILES string of the molecule is COc1ccc2c(c1)NC(=O)[C@@H](NC(=O)[C@H](CCC(F)(F)F)[C@H](CCCF)C(N)=O)N=C2c1ccccc1. The standard InChI is InChI=1S/C26H28F4N4O4/c1-38-16-9-10-19-20(14-16)32-25(37)23(33-21(19)15-6-3-2-4-7-15)34-24(36)18(11-12-26(28,29)30)17(22(31)35)8-5-13-27/h2-4,6-7,9-10,14,17-18,23H,5,8,11-13H2,1H3,(H2,31,35)(H,32,37)(H,34,36)/t17-,18+,23+/m0/s1. The largest absolute Gasteiger partial charge is 0.497 e. The van der Waals surface area contributed by atoms with Crippen LogP contribution < -0.4 is 21.1 Å². The Morgan fingerprint density at radius 1 is 1.13 bits per heavy atom. The Bertz CT molecular complexity index is 1190. The number of methoxy groups -OCH3 is 1. The first kappa shape index (κ1) is 28.6. The monoisotopic (exact) mass is 536 g/mol. The normalized spacial score (nSPS) is 16.8. The maximum Gasteiger partial charge on any atom is 0.389 e. The van der Waals surface area contributed by atoms with E-state index in [1.165, 1.54) is 7.11 Å². The number of benzene rings is 2. The maximum atomic E-state index is 13.3. The lowest BCUT2D eigenvalue weighted by Gasteiger charge is -2.25. The van der Waals surface area contributed by atoms with Gasteiger partial charge in [0.2, 0.25) is 18.0 Å². The molecule has 3 atom stereocenters. The molecule has 1 aliphatic heterocycles. The molecule has 0 saturated heterocycles. The Morgan fingerprint density at radius 2 is 1.84 bits per heavy atom. The Labute approximate surface area is 216 Å². The number of halogens is 4. The van der Waals surface area contributed by atoms with E-state index in [1.807, 2.05) is 0 Å². The topological polar surface area (TPSA) is 123 Å². The lowest BCUT2D eigenvalue weighted by atomic mass is 9.83. The predicted octanol–water partition coefficient (Wildman–Crippen LogP) is 3.74. The predicted molar refractivity (Wildman–Crippen MR) is 132 cm³/mol. The van der Waals surface area contributed by atoms with Crippen molar-refractivity contribution in [1.29, 1.82) is 0 Å². The van der Waals surface area contributed by atoms with E-state index in [-0.39, 0.29) is 12.8 Å². The molecule has 38 heavy (non-hydrogen) atoms. The van der Waals surface area contributed by atoms with Crippen LogP contribution in [-0.2, 0) is 14.4 Å². The Morgan fingerprint density at radius 3 is 2.45 bits per heavy atom. The second-order valence-electron chi connectivity index (χ2n) is 8.76. The van der Waals surface area contributed by atoms with E-state index in [2.05, 4.69) is 15.6 Å². The smallest absolute Gasteiger partial charge is 0.389 e. The van der Waals surface area contributed by atoms with Gasteiger partial charge in [0, 0.05) is 35.4 Å². The summed E-state index contributed by atoms with van der Waals surface area (Å²) in [5.41, 5.74) is 7.20. The average Bonchev–Trinajstić information content (AvgIpc) is 3.01. The minimum Gasteiger partial charge on any atom is -0.497 e. The summed E-state index contributed by atoms with van der Waals surface area (Å²) in [5.74, 6) is -5.26. The third-order valence-electron chi connectivity index (χ3n) is 6.15. The van der Waals surface area contributed by atoms with Gasteiger partial charge >= 0.3 is 6.18 Å². The van der Waals surface area contributed by atoms with Gasteiger partial charge in [0.15, 0.2) is 0 Å². The lowest BCUT2D eigenvalue weighted by Crippen LogP contribution is -2.48. The zero-order valence-corrected chi connectivity index (χ0v) is 20.6. The molecule has 0 fully saturated rings. The van der Waals surface area contributed by atoms with Crippen LogP contribution in [0.15, 0.2) is 53.5 Å². The van der Waals surface area contributed by atoms with Gasteiger partial charge in [0.1, 0.15) is 5.75 Å². The van der Waals surface area contributed by atoms with Crippen molar-refractivity contribution in [2.24, 2.45) is 22.6 Å². The minimum atomic E-state index is -4.61. The van der Waals surface area contributed by atoms with Crippen LogP contribution >= 0.6 is 0 Å². The third kappa shape index (κ3) is 7.30. The number of hydrogen-bond acceptors (Lipinski definition) is 5. The van der Waals surface area contributed by atoms with Gasteiger partial charge in [-0.05, 0) is 31.4 Å². The van der Waals surface area contributed by atoms with Gasteiger partial charge in [-0.1, -0.05) is 30.3 Å². The number of nitrogens with two attached hydrogens (primary N) is 1. The molecule has 0 bridgehead atoms. The van der Waals surface area contributed by atoms with Crippen molar-refractivity contribution in [2.75, 3.05) is 19.1 Å². The summed E-state index contributed by atoms with van der Waals surface area (Å²) in [4.78, 5) is 42.9. The number of carbonyl (C=O) groups is 3. The molecule has 1 heterocycles. The first-order valence-electron chi connectivity index (χ1n) is 11.9. The van der Waals surface area contributed by atoms with Crippen LogP contribution in [0.25, 0.3) is 0 Å². The fourth-order valence-corrected chi connectivity index (χ4v) is 4.26. The molecule has 4 N–H and O–H groups in total. The number of ether oxygens (including phenoxy) is 1. The number of alkyl halides is 4. The van der Waals surface area contributed by atoms with Crippen molar-refractivity contribution < 1.29 is 36.7 Å². The number of nitrogens with zero attached hydrogens (tertiary/aromatic N) is 1. The van der Waals surface area contributed by atoms with Crippen LogP contribution in [0.4, 0.5) is 23.2 Å². The molecule has 3 rings (SSSR count). The number of aliphatic imine (C=N–C) groups is 1. The molecule has 0 radical (unpaired) electrons. The van der Waals surface area contributed by atoms with E-state index >= 15 is 0 Å². The van der Waals surface area contributed by atoms with Crippen molar-refractivity contribution in [1.82, 2.24) is 5.32 Å². The van der Waals surface area contributed by atoms with Crippen LogP contribution in [-0.4, -0.2) is 49.6 Å². The van der Waals surface area contributed by atoms with Crippen LogP contribution in [0.2, 0.25) is 0 Å². The molecule has 0 spiro atoms. The molecule has 0 unspecified atom stereocenters. The fraction of sp³-hybridized carbons (Fsp3) is 0.385. The second kappa shape index (κ2) is 12.5.